The zero-order valence-electron chi connectivity index (χ0n) is 12.0. The van der Waals surface area contributed by atoms with Crippen LogP contribution < -0.4 is 10.6 Å². The van der Waals surface area contributed by atoms with Gasteiger partial charge in [-0.15, -0.1) is 0 Å². The first-order valence-corrected chi connectivity index (χ1v) is 9.29. The Kier molecular flexibility index (Phi) is 4.87. The van der Waals surface area contributed by atoms with Crippen LogP contribution in [0, 0.1) is 0 Å². The van der Waals surface area contributed by atoms with Crippen molar-refractivity contribution in [1.82, 2.24) is 9.27 Å². The summed E-state index contributed by atoms with van der Waals surface area (Å²) < 4.78 is 28.8. The van der Waals surface area contributed by atoms with Gasteiger partial charge in [0.2, 0.25) is 0 Å². The number of nitrogens with two attached hydrogens (primary N) is 1. The van der Waals surface area contributed by atoms with Gasteiger partial charge in [-0.1, -0.05) is 6.92 Å². The Bertz CT molecular complexity index is 556. The molecular formula is C12H22N4O2S2. The molecule has 0 atom stereocenters. The van der Waals surface area contributed by atoms with Crippen molar-refractivity contribution in [3.63, 3.8) is 0 Å². The molecule has 1 aliphatic heterocycles. The van der Waals surface area contributed by atoms with E-state index in [1.165, 1.54) is 11.5 Å². The minimum atomic E-state index is -3.34. The van der Waals surface area contributed by atoms with Crippen molar-refractivity contribution in [2.45, 2.75) is 24.7 Å². The van der Waals surface area contributed by atoms with Crippen LogP contribution in [0.2, 0.25) is 0 Å². The second-order valence-electron chi connectivity index (χ2n) is 5.16. The average molecular weight is 318 g/mol. The SMILES string of the molecule is CCCS(=O)(=O)c1c(N)nsc1N1CCCN(C)CC1. The molecule has 0 bridgehead atoms. The highest BCUT2D eigenvalue weighted by molar-refractivity contribution is 7.91. The maximum Gasteiger partial charge on any atom is 0.185 e. The fraction of sp³-hybridized carbons (Fsp3) is 0.750. The Morgan fingerprint density at radius 2 is 2.05 bits per heavy atom. The van der Waals surface area contributed by atoms with E-state index in [4.69, 9.17) is 5.73 Å². The molecule has 20 heavy (non-hydrogen) atoms. The number of rotatable bonds is 4. The summed E-state index contributed by atoms with van der Waals surface area (Å²) in [5, 5.41) is 0.714. The number of anilines is 2. The molecule has 1 saturated heterocycles. The Morgan fingerprint density at radius 1 is 1.30 bits per heavy atom. The van der Waals surface area contributed by atoms with Gasteiger partial charge in [-0.25, -0.2) is 8.42 Å². The monoisotopic (exact) mass is 318 g/mol. The van der Waals surface area contributed by atoms with Crippen molar-refractivity contribution in [2.75, 3.05) is 49.6 Å². The van der Waals surface area contributed by atoms with Crippen LogP contribution in [-0.4, -0.2) is 56.7 Å². The van der Waals surface area contributed by atoms with Crippen LogP contribution in [0.5, 0.6) is 0 Å². The molecule has 0 unspecified atom stereocenters. The highest BCUT2D eigenvalue weighted by Crippen LogP contribution is 2.36. The Balaban J connectivity index is 2.33. The summed E-state index contributed by atoms with van der Waals surface area (Å²) in [6, 6.07) is 0. The Labute approximate surface area is 124 Å². The van der Waals surface area contributed by atoms with E-state index in [0.717, 1.165) is 32.6 Å². The zero-order chi connectivity index (χ0) is 14.8. The second-order valence-corrected chi connectivity index (χ2v) is 7.96. The summed E-state index contributed by atoms with van der Waals surface area (Å²) in [6.07, 6.45) is 1.60. The van der Waals surface area contributed by atoms with Crippen LogP contribution in [0.1, 0.15) is 19.8 Å². The predicted molar refractivity (Wildman–Crippen MR) is 83.2 cm³/mol. The van der Waals surface area contributed by atoms with Gasteiger partial charge in [0.05, 0.1) is 5.75 Å². The molecule has 8 heteroatoms. The van der Waals surface area contributed by atoms with Crippen molar-refractivity contribution < 1.29 is 8.42 Å². The van der Waals surface area contributed by atoms with E-state index in [9.17, 15) is 8.42 Å². The maximum absolute atomic E-state index is 12.4. The van der Waals surface area contributed by atoms with Crippen molar-refractivity contribution in [3.8, 4) is 0 Å². The minimum absolute atomic E-state index is 0.121. The second kappa shape index (κ2) is 6.28. The summed E-state index contributed by atoms with van der Waals surface area (Å²) in [5.41, 5.74) is 5.81. The summed E-state index contributed by atoms with van der Waals surface area (Å²) >= 11 is 1.20. The molecule has 2 heterocycles. The fourth-order valence-electron chi connectivity index (χ4n) is 2.40. The van der Waals surface area contributed by atoms with Gasteiger partial charge in [0, 0.05) is 19.6 Å². The molecule has 2 N–H and O–H groups in total. The Hall–Kier alpha value is -0.860. The van der Waals surface area contributed by atoms with E-state index in [1.54, 1.807) is 0 Å². The molecule has 2 rings (SSSR count). The first-order chi connectivity index (χ1) is 9.45. The first kappa shape index (κ1) is 15.5. The van der Waals surface area contributed by atoms with E-state index >= 15 is 0 Å². The fourth-order valence-corrected chi connectivity index (χ4v) is 5.21. The summed E-state index contributed by atoms with van der Waals surface area (Å²) in [6.45, 7) is 5.47. The van der Waals surface area contributed by atoms with Gasteiger partial charge in [-0.3, -0.25) is 0 Å². The van der Waals surface area contributed by atoms with Crippen LogP contribution in [-0.2, 0) is 9.84 Å². The predicted octanol–water partition coefficient (Wildman–Crippen LogP) is 1.05. The lowest BCUT2D eigenvalue weighted by molar-refractivity contribution is 0.360. The molecule has 1 aliphatic rings. The largest absolute Gasteiger partial charge is 0.382 e. The molecule has 114 valence electrons. The topological polar surface area (TPSA) is 79.5 Å². The smallest absolute Gasteiger partial charge is 0.185 e. The average Bonchev–Trinajstić information content (AvgIpc) is 2.63. The van der Waals surface area contributed by atoms with Crippen molar-refractivity contribution in [3.05, 3.63) is 0 Å². The molecule has 0 spiro atoms. The molecule has 0 aliphatic carbocycles. The molecule has 0 amide bonds. The summed E-state index contributed by atoms with van der Waals surface area (Å²) in [5.74, 6) is 0.271. The van der Waals surface area contributed by atoms with Gasteiger partial charge in [-0.2, -0.15) is 4.37 Å². The van der Waals surface area contributed by atoms with E-state index in [-0.39, 0.29) is 16.5 Å². The molecule has 1 aromatic rings. The van der Waals surface area contributed by atoms with E-state index < -0.39 is 9.84 Å². The maximum atomic E-state index is 12.4. The quantitative estimate of drug-likeness (QED) is 0.894. The van der Waals surface area contributed by atoms with Gasteiger partial charge in [-0.05, 0) is 38.0 Å². The van der Waals surface area contributed by atoms with E-state index in [0.29, 0.717) is 11.4 Å². The zero-order valence-corrected chi connectivity index (χ0v) is 13.6. The molecule has 6 nitrogen and oxygen atoms in total. The lowest BCUT2D eigenvalue weighted by Gasteiger charge is -2.21. The van der Waals surface area contributed by atoms with Crippen LogP contribution in [0.4, 0.5) is 10.8 Å². The van der Waals surface area contributed by atoms with Crippen LogP contribution >= 0.6 is 11.5 Å². The number of aromatic nitrogens is 1. The molecule has 1 fully saturated rings. The first-order valence-electron chi connectivity index (χ1n) is 6.87. The standard InChI is InChI=1S/C12H22N4O2S2/c1-3-9-20(17,18)10-11(13)14-19-12(10)16-6-4-5-15(2)7-8-16/h3-9H2,1-2H3,(H2,13,14). The minimum Gasteiger partial charge on any atom is -0.382 e. The van der Waals surface area contributed by atoms with E-state index in [2.05, 4.69) is 21.2 Å². The third kappa shape index (κ3) is 3.24. The molecule has 0 saturated carbocycles. The van der Waals surface area contributed by atoms with E-state index in [1.807, 2.05) is 6.92 Å². The number of sulfone groups is 1. The van der Waals surface area contributed by atoms with Gasteiger partial charge in [0.1, 0.15) is 9.90 Å². The normalized spacial score (nSPS) is 18.2. The lowest BCUT2D eigenvalue weighted by atomic mass is 10.4. The van der Waals surface area contributed by atoms with Gasteiger partial charge in [0.15, 0.2) is 15.7 Å². The highest BCUT2D eigenvalue weighted by Gasteiger charge is 2.28. The van der Waals surface area contributed by atoms with Crippen LogP contribution in [0.15, 0.2) is 4.90 Å². The number of hydrogen-bond acceptors (Lipinski definition) is 7. The summed E-state index contributed by atoms with van der Waals surface area (Å²) in [7, 11) is -1.25. The number of nitrogens with zero attached hydrogens (tertiary/aromatic N) is 3. The van der Waals surface area contributed by atoms with Gasteiger partial charge >= 0.3 is 0 Å². The van der Waals surface area contributed by atoms with Gasteiger partial charge in [0.25, 0.3) is 0 Å². The molecule has 1 aromatic heterocycles. The van der Waals surface area contributed by atoms with Crippen molar-refractivity contribution >= 4 is 32.2 Å². The van der Waals surface area contributed by atoms with Crippen molar-refractivity contribution in [2.24, 2.45) is 0 Å². The molecule has 0 aromatic carbocycles. The summed E-state index contributed by atoms with van der Waals surface area (Å²) in [4.78, 5) is 4.61. The van der Waals surface area contributed by atoms with Crippen LogP contribution in [0.25, 0.3) is 0 Å². The number of hydrogen-bond donors (Lipinski definition) is 1. The number of nitrogen functional groups attached to an aromatic ring is 1. The van der Waals surface area contributed by atoms with Gasteiger partial charge < -0.3 is 15.5 Å². The van der Waals surface area contributed by atoms with Crippen molar-refractivity contribution in [1.29, 1.82) is 0 Å². The number of likely N-dealkylation sites (N-methyl/N-ethyl adjacent to an activating group) is 1. The molecule has 0 radical (unpaired) electrons. The third-order valence-electron chi connectivity index (χ3n) is 3.45. The highest BCUT2D eigenvalue weighted by atomic mass is 32.2. The third-order valence-corrected chi connectivity index (χ3v) is 6.47. The van der Waals surface area contributed by atoms with Crippen LogP contribution in [0.3, 0.4) is 0 Å². The lowest BCUT2D eigenvalue weighted by Crippen LogP contribution is -2.29. The Morgan fingerprint density at radius 3 is 2.75 bits per heavy atom. The molecular weight excluding hydrogens is 296 g/mol.